The lowest BCUT2D eigenvalue weighted by molar-refractivity contribution is -0.141. The molecule has 0 fully saturated rings. The number of nitrogens with one attached hydrogen (secondary N) is 1. The first-order chi connectivity index (χ1) is 13.1. The fourth-order valence-corrected chi connectivity index (χ4v) is 4.37. The van der Waals surface area contributed by atoms with E-state index in [1.807, 2.05) is 31.4 Å². The van der Waals surface area contributed by atoms with Gasteiger partial charge >= 0.3 is 5.97 Å². The molecule has 0 aliphatic rings. The molecule has 2 rings (SSSR count). The second kappa shape index (κ2) is 8.70. The molecule has 0 aliphatic carbocycles. The lowest BCUT2D eigenvalue weighted by atomic mass is 10.1. The SMILES string of the molecule is CCn1c(C)cc(C(=O)COC(=O)CNS(=O)(=O)c2cc(C)ccc2C)c1C. The molecule has 0 saturated heterocycles. The molecule has 0 amide bonds. The highest BCUT2D eigenvalue weighted by Gasteiger charge is 2.20. The molecule has 152 valence electrons. The largest absolute Gasteiger partial charge is 0.456 e. The topological polar surface area (TPSA) is 94.5 Å². The molecule has 28 heavy (non-hydrogen) atoms. The van der Waals surface area contributed by atoms with Crippen LogP contribution in [0.1, 0.15) is 39.8 Å². The van der Waals surface area contributed by atoms with Crippen LogP contribution in [0, 0.1) is 27.7 Å². The molecule has 1 heterocycles. The molecule has 0 bridgehead atoms. The molecule has 1 aromatic heterocycles. The van der Waals surface area contributed by atoms with Crippen LogP contribution in [0.4, 0.5) is 0 Å². The average Bonchev–Trinajstić information content (AvgIpc) is 2.93. The van der Waals surface area contributed by atoms with Gasteiger partial charge in [0.25, 0.3) is 0 Å². The van der Waals surface area contributed by atoms with Crippen molar-refractivity contribution in [2.45, 2.75) is 46.1 Å². The number of benzene rings is 1. The number of sulfonamides is 1. The first kappa shape index (κ1) is 21.8. The summed E-state index contributed by atoms with van der Waals surface area (Å²) in [6.45, 7) is 8.95. The highest BCUT2D eigenvalue weighted by Crippen LogP contribution is 2.17. The van der Waals surface area contributed by atoms with Crippen LogP contribution >= 0.6 is 0 Å². The second-order valence-electron chi connectivity index (χ2n) is 6.71. The maximum absolute atomic E-state index is 12.4. The lowest BCUT2D eigenvalue weighted by Crippen LogP contribution is -2.32. The molecule has 2 aromatic rings. The molecule has 0 atom stereocenters. The first-order valence-electron chi connectivity index (χ1n) is 8.99. The Morgan fingerprint density at radius 2 is 1.79 bits per heavy atom. The molecule has 0 unspecified atom stereocenters. The smallest absolute Gasteiger partial charge is 0.321 e. The molecule has 0 radical (unpaired) electrons. The van der Waals surface area contributed by atoms with Gasteiger partial charge in [-0.15, -0.1) is 0 Å². The molecule has 7 nitrogen and oxygen atoms in total. The number of carbonyl (C=O) groups is 2. The van der Waals surface area contributed by atoms with E-state index in [0.717, 1.165) is 23.5 Å². The van der Waals surface area contributed by atoms with Crippen LogP contribution in [0.2, 0.25) is 0 Å². The van der Waals surface area contributed by atoms with Crippen LogP contribution in [0.3, 0.4) is 0 Å². The third kappa shape index (κ3) is 4.88. The monoisotopic (exact) mass is 406 g/mol. The van der Waals surface area contributed by atoms with Crippen molar-refractivity contribution in [3.8, 4) is 0 Å². The Balaban J connectivity index is 1.96. The zero-order valence-corrected chi connectivity index (χ0v) is 17.6. The number of aromatic nitrogens is 1. The summed E-state index contributed by atoms with van der Waals surface area (Å²) in [5, 5.41) is 0. The van der Waals surface area contributed by atoms with Gasteiger partial charge in [-0.2, -0.15) is 4.72 Å². The molecule has 0 spiro atoms. The lowest BCUT2D eigenvalue weighted by Gasteiger charge is -2.10. The predicted molar refractivity (Wildman–Crippen MR) is 106 cm³/mol. The summed E-state index contributed by atoms with van der Waals surface area (Å²) in [7, 11) is -3.85. The average molecular weight is 407 g/mol. The highest BCUT2D eigenvalue weighted by molar-refractivity contribution is 7.89. The van der Waals surface area contributed by atoms with Crippen LogP contribution < -0.4 is 4.72 Å². The van der Waals surface area contributed by atoms with Gasteiger partial charge in [0, 0.05) is 23.5 Å². The van der Waals surface area contributed by atoms with Gasteiger partial charge in [0.05, 0.1) is 4.90 Å². The Labute approximate surface area is 165 Å². The minimum atomic E-state index is -3.85. The first-order valence-corrected chi connectivity index (χ1v) is 10.5. The van der Waals surface area contributed by atoms with Crippen molar-refractivity contribution in [2.24, 2.45) is 0 Å². The van der Waals surface area contributed by atoms with Gasteiger partial charge in [0.1, 0.15) is 6.54 Å². The Morgan fingerprint density at radius 1 is 1.11 bits per heavy atom. The van der Waals surface area contributed by atoms with E-state index in [-0.39, 0.29) is 10.7 Å². The summed E-state index contributed by atoms with van der Waals surface area (Å²) >= 11 is 0. The van der Waals surface area contributed by atoms with Gasteiger partial charge < -0.3 is 9.30 Å². The minimum Gasteiger partial charge on any atom is -0.456 e. The number of rotatable bonds is 8. The van der Waals surface area contributed by atoms with E-state index in [0.29, 0.717) is 11.1 Å². The van der Waals surface area contributed by atoms with Gasteiger partial charge in [-0.3, -0.25) is 9.59 Å². The van der Waals surface area contributed by atoms with Gasteiger partial charge in [0.2, 0.25) is 15.8 Å². The fourth-order valence-electron chi connectivity index (χ4n) is 3.07. The zero-order valence-electron chi connectivity index (χ0n) is 16.8. The van der Waals surface area contributed by atoms with E-state index in [9.17, 15) is 18.0 Å². The van der Waals surface area contributed by atoms with Crippen LogP contribution in [0.5, 0.6) is 0 Å². The number of carbonyl (C=O) groups excluding carboxylic acids is 2. The van der Waals surface area contributed by atoms with Crippen LogP contribution in [-0.4, -0.2) is 37.9 Å². The summed E-state index contributed by atoms with van der Waals surface area (Å²) < 4.78 is 34.0. The number of ether oxygens (including phenoxy) is 1. The third-order valence-electron chi connectivity index (χ3n) is 4.59. The molecule has 1 aromatic carbocycles. The van der Waals surface area contributed by atoms with Crippen LogP contribution in [0.15, 0.2) is 29.2 Å². The highest BCUT2D eigenvalue weighted by atomic mass is 32.2. The number of nitrogens with zero attached hydrogens (tertiary/aromatic N) is 1. The van der Waals surface area contributed by atoms with Crippen molar-refractivity contribution in [1.29, 1.82) is 0 Å². The number of hydrogen-bond acceptors (Lipinski definition) is 5. The molecule has 0 saturated carbocycles. The van der Waals surface area contributed by atoms with Crippen molar-refractivity contribution in [1.82, 2.24) is 9.29 Å². The van der Waals surface area contributed by atoms with Gasteiger partial charge in [-0.1, -0.05) is 12.1 Å². The van der Waals surface area contributed by atoms with Crippen molar-refractivity contribution >= 4 is 21.8 Å². The van der Waals surface area contributed by atoms with Crippen LogP contribution in [-0.2, 0) is 26.1 Å². The number of Topliss-reactive ketones (excluding diaryl/α,β-unsaturated/α-hetero) is 1. The van der Waals surface area contributed by atoms with E-state index >= 15 is 0 Å². The quantitative estimate of drug-likeness (QED) is 0.537. The van der Waals surface area contributed by atoms with Gasteiger partial charge in [-0.05, 0) is 57.9 Å². The van der Waals surface area contributed by atoms with E-state index in [2.05, 4.69) is 4.72 Å². The maximum Gasteiger partial charge on any atom is 0.321 e. The number of hydrogen-bond donors (Lipinski definition) is 1. The summed E-state index contributed by atoms with van der Waals surface area (Å²) in [4.78, 5) is 24.4. The molecular formula is C20H26N2O5S. The maximum atomic E-state index is 12.4. The molecular weight excluding hydrogens is 380 g/mol. The Morgan fingerprint density at radius 3 is 2.39 bits per heavy atom. The van der Waals surface area contributed by atoms with E-state index < -0.39 is 29.1 Å². The zero-order chi connectivity index (χ0) is 21.1. The van der Waals surface area contributed by atoms with Crippen molar-refractivity contribution in [3.05, 3.63) is 52.3 Å². The summed E-state index contributed by atoms with van der Waals surface area (Å²) in [6.07, 6.45) is 0. The fraction of sp³-hybridized carbons (Fsp3) is 0.400. The van der Waals surface area contributed by atoms with E-state index in [1.165, 1.54) is 6.07 Å². The summed E-state index contributed by atoms with van der Waals surface area (Å²) in [5.74, 6) is -1.13. The standard InChI is InChI=1S/C20H26N2O5S/c1-6-22-15(4)10-17(16(22)5)18(23)12-27-20(24)11-21-28(25,26)19-9-13(2)7-8-14(19)3/h7-10,21H,6,11-12H2,1-5H3. The minimum absolute atomic E-state index is 0.114. The normalized spacial score (nSPS) is 11.5. The number of aryl methyl sites for hydroxylation is 3. The van der Waals surface area contributed by atoms with Gasteiger partial charge in [-0.25, -0.2) is 8.42 Å². The van der Waals surface area contributed by atoms with E-state index in [1.54, 1.807) is 26.0 Å². The number of esters is 1. The summed E-state index contributed by atoms with van der Waals surface area (Å²) in [5.41, 5.74) is 3.65. The second-order valence-corrected chi connectivity index (χ2v) is 8.44. The predicted octanol–water partition coefficient (Wildman–Crippen LogP) is 2.45. The third-order valence-corrected chi connectivity index (χ3v) is 6.14. The molecule has 8 heteroatoms. The molecule has 1 N–H and O–H groups in total. The van der Waals surface area contributed by atoms with Crippen molar-refractivity contribution < 1.29 is 22.7 Å². The summed E-state index contributed by atoms with van der Waals surface area (Å²) in [6, 6.07) is 6.81. The molecule has 0 aliphatic heterocycles. The van der Waals surface area contributed by atoms with Crippen molar-refractivity contribution in [2.75, 3.05) is 13.2 Å². The van der Waals surface area contributed by atoms with E-state index in [4.69, 9.17) is 4.74 Å². The van der Waals surface area contributed by atoms with Gasteiger partial charge in [0.15, 0.2) is 6.61 Å². The number of ketones is 1. The van der Waals surface area contributed by atoms with Crippen LogP contribution in [0.25, 0.3) is 0 Å². The Kier molecular flexibility index (Phi) is 6.79. The van der Waals surface area contributed by atoms with Crippen molar-refractivity contribution in [3.63, 3.8) is 0 Å². The Hall–Kier alpha value is -2.45. The Bertz CT molecular complexity index is 1010.